The van der Waals surface area contributed by atoms with E-state index < -0.39 is 0 Å². The Labute approximate surface area is 107 Å². The number of ketones is 1. The molecule has 0 amide bonds. The maximum Gasteiger partial charge on any atom is 0.176 e. The fourth-order valence-electron chi connectivity index (χ4n) is 2.07. The van der Waals surface area contributed by atoms with Crippen LogP contribution in [0.2, 0.25) is 0 Å². The van der Waals surface area contributed by atoms with Crippen molar-refractivity contribution >= 4 is 17.5 Å². The van der Waals surface area contributed by atoms with Crippen LogP contribution >= 0.6 is 11.8 Å². The third-order valence-electron chi connectivity index (χ3n) is 2.94. The molecule has 0 aromatic heterocycles. The van der Waals surface area contributed by atoms with Crippen LogP contribution in [0, 0.1) is 5.92 Å². The van der Waals surface area contributed by atoms with Crippen molar-refractivity contribution in [1.29, 1.82) is 0 Å². The van der Waals surface area contributed by atoms with Crippen molar-refractivity contribution in [2.45, 2.75) is 31.8 Å². The van der Waals surface area contributed by atoms with Gasteiger partial charge in [-0.3, -0.25) is 4.79 Å². The van der Waals surface area contributed by atoms with E-state index in [1.807, 2.05) is 25.1 Å². The van der Waals surface area contributed by atoms with Crippen molar-refractivity contribution < 1.29 is 9.53 Å². The largest absolute Gasteiger partial charge is 0.494 e. The molecule has 0 saturated heterocycles. The van der Waals surface area contributed by atoms with Crippen LogP contribution in [0.15, 0.2) is 18.2 Å². The molecule has 2 nitrogen and oxygen atoms in total. The number of thioether (sulfide) groups is 1. The fourth-order valence-corrected chi connectivity index (χ4v) is 3.35. The van der Waals surface area contributed by atoms with Gasteiger partial charge in [0.15, 0.2) is 5.78 Å². The van der Waals surface area contributed by atoms with Crippen LogP contribution in [-0.4, -0.2) is 17.6 Å². The average molecular weight is 250 g/mol. The SMILES string of the molecule is CCOc1ccc2c(c1)C(=O)C(C(C)C)SC2. The van der Waals surface area contributed by atoms with E-state index >= 15 is 0 Å². The van der Waals surface area contributed by atoms with Crippen LogP contribution in [0.1, 0.15) is 36.7 Å². The monoisotopic (exact) mass is 250 g/mol. The molecule has 1 atom stereocenters. The zero-order chi connectivity index (χ0) is 12.4. The Morgan fingerprint density at radius 3 is 2.88 bits per heavy atom. The smallest absolute Gasteiger partial charge is 0.176 e. The summed E-state index contributed by atoms with van der Waals surface area (Å²) in [5.74, 6) is 2.37. The number of fused-ring (bicyclic) bond motifs is 1. The molecule has 1 aliphatic rings. The Balaban J connectivity index is 2.33. The first kappa shape index (κ1) is 12.5. The molecule has 1 unspecified atom stereocenters. The second kappa shape index (κ2) is 5.13. The molecular weight excluding hydrogens is 232 g/mol. The minimum atomic E-state index is 0.0966. The lowest BCUT2D eigenvalue weighted by Gasteiger charge is -2.26. The van der Waals surface area contributed by atoms with Crippen molar-refractivity contribution in [3.05, 3.63) is 29.3 Å². The van der Waals surface area contributed by atoms with E-state index in [4.69, 9.17) is 4.74 Å². The summed E-state index contributed by atoms with van der Waals surface area (Å²) in [5, 5.41) is 0.0966. The summed E-state index contributed by atoms with van der Waals surface area (Å²) in [7, 11) is 0. The highest BCUT2D eigenvalue weighted by atomic mass is 32.2. The number of carbonyl (C=O) groups is 1. The van der Waals surface area contributed by atoms with Gasteiger partial charge in [0.25, 0.3) is 0 Å². The zero-order valence-corrected chi connectivity index (χ0v) is 11.3. The summed E-state index contributed by atoms with van der Waals surface area (Å²) in [6.07, 6.45) is 0. The van der Waals surface area contributed by atoms with E-state index in [1.54, 1.807) is 11.8 Å². The van der Waals surface area contributed by atoms with Gasteiger partial charge in [0.05, 0.1) is 11.9 Å². The minimum Gasteiger partial charge on any atom is -0.494 e. The van der Waals surface area contributed by atoms with Crippen molar-refractivity contribution in [2.24, 2.45) is 5.92 Å². The highest BCUT2D eigenvalue weighted by Crippen LogP contribution is 2.35. The maximum absolute atomic E-state index is 12.3. The van der Waals surface area contributed by atoms with Gasteiger partial charge in [0.1, 0.15) is 5.75 Å². The first-order valence-electron chi connectivity index (χ1n) is 6.05. The molecule has 0 spiro atoms. The molecule has 2 rings (SSSR count). The Kier molecular flexibility index (Phi) is 3.77. The van der Waals surface area contributed by atoms with E-state index in [0.29, 0.717) is 12.5 Å². The van der Waals surface area contributed by atoms with Crippen LogP contribution < -0.4 is 4.74 Å². The standard InChI is InChI=1S/C14H18O2S/c1-4-16-11-6-5-10-8-17-14(9(2)3)13(15)12(10)7-11/h5-7,9,14H,4,8H2,1-3H3. The minimum absolute atomic E-state index is 0.0966. The Morgan fingerprint density at radius 2 is 2.24 bits per heavy atom. The average Bonchev–Trinajstić information content (AvgIpc) is 2.30. The summed E-state index contributed by atoms with van der Waals surface area (Å²) in [4.78, 5) is 12.3. The number of rotatable bonds is 3. The summed E-state index contributed by atoms with van der Waals surface area (Å²) < 4.78 is 5.46. The van der Waals surface area contributed by atoms with Crippen LogP contribution in [0.3, 0.4) is 0 Å². The number of hydrogen-bond donors (Lipinski definition) is 0. The number of carbonyl (C=O) groups excluding carboxylic acids is 1. The predicted octanol–water partition coefficient (Wildman–Crippen LogP) is 3.54. The normalized spacial score (nSPS) is 19.3. The van der Waals surface area contributed by atoms with Gasteiger partial charge in [-0.15, -0.1) is 11.8 Å². The lowest BCUT2D eigenvalue weighted by molar-refractivity contribution is 0.0972. The maximum atomic E-state index is 12.3. The molecule has 0 bridgehead atoms. The van der Waals surface area contributed by atoms with Crippen LogP contribution in [0.4, 0.5) is 0 Å². The zero-order valence-electron chi connectivity index (χ0n) is 10.5. The van der Waals surface area contributed by atoms with Gasteiger partial charge in [0.2, 0.25) is 0 Å². The molecule has 1 aromatic rings. The van der Waals surface area contributed by atoms with Gasteiger partial charge < -0.3 is 4.74 Å². The van der Waals surface area contributed by atoms with Crippen molar-refractivity contribution in [3.8, 4) is 5.75 Å². The highest BCUT2D eigenvalue weighted by molar-refractivity contribution is 8.00. The molecular formula is C14H18O2S. The summed E-state index contributed by atoms with van der Waals surface area (Å²) in [6.45, 7) is 6.79. The molecule has 92 valence electrons. The number of Topliss-reactive ketones (excluding diaryl/α,β-unsaturated/α-hetero) is 1. The molecule has 0 radical (unpaired) electrons. The second-order valence-corrected chi connectivity index (χ2v) is 5.72. The van der Waals surface area contributed by atoms with E-state index in [9.17, 15) is 4.79 Å². The van der Waals surface area contributed by atoms with E-state index in [2.05, 4.69) is 13.8 Å². The molecule has 0 saturated carbocycles. The van der Waals surface area contributed by atoms with Crippen LogP contribution in [0.25, 0.3) is 0 Å². The quantitative estimate of drug-likeness (QED) is 0.820. The molecule has 0 N–H and O–H groups in total. The van der Waals surface area contributed by atoms with Gasteiger partial charge in [-0.2, -0.15) is 0 Å². The lowest BCUT2D eigenvalue weighted by Crippen LogP contribution is -2.28. The van der Waals surface area contributed by atoms with Crippen molar-refractivity contribution in [3.63, 3.8) is 0 Å². The Hall–Kier alpha value is -0.960. The molecule has 0 fully saturated rings. The first-order valence-corrected chi connectivity index (χ1v) is 7.10. The van der Waals surface area contributed by atoms with E-state index in [0.717, 1.165) is 22.6 Å². The molecule has 3 heteroatoms. The third-order valence-corrected chi connectivity index (χ3v) is 4.54. The Morgan fingerprint density at radius 1 is 1.47 bits per heavy atom. The number of benzene rings is 1. The third kappa shape index (κ3) is 2.49. The molecule has 17 heavy (non-hydrogen) atoms. The van der Waals surface area contributed by atoms with Gasteiger partial charge in [-0.05, 0) is 30.5 Å². The topological polar surface area (TPSA) is 26.3 Å². The second-order valence-electron chi connectivity index (χ2n) is 4.59. The number of ether oxygens (including phenoxy) is 1. The van der Waals surface area contributed by atoms with Crippen LogP contribution in [-0.2, 0) is 5.75 Å². The first-order chi connectivity index (χ1) is 8.13. The molecule has 0 aliphatic carbocycles. The highest BCUT2D eigenvalue weighted by Gasteiger charge is 2.30. The molecule has 1 heterocycles. The summed E-state index contributed by atoms with van der Waals surface area (Å²) in [5.41, 5.74) is 1.99. The molecule has 1 aliphatic heterocycles. The fraction of sp³-hybridized carbons (Fsp3) is 0.500. The van der Waals surface area contributed by atoms with Gasteiger partial charge in [0, 0.05) is 11.3 Å². The van der Waals surface area contributed by atoms with Gasteiger partial charge >= 0.3 is 0 Å². The molecule has 1 aromatic carbocycles. The van der Waals surface area contributed by atoms with Crippen LogP contribution in [0.5, 0.6) is 5.75 Å². The summed E-state index contributed by atoms with van der Waals surface area (Å²) >= 11 is 1.75. The van der Waals surface area contributed by atoms with E-state index in [1.165, 1.54) is 0 Å². The number of hydrogen-bond acceptors (Lipinski definition) is 3. The predicted molar refractivity (Wildman–Crippen MR) is 71.9 cm³/mol. The van der Waals surface area contributed by atoms with Crippen molar-refractivity contribution in [2.75, 3.05) is 6.61 Å². The van der Waals surface area contributed by atoms with E-state index in [-0.39, 0.29) is 11.0 Å². The van der Waals surface area contributed by atoms with Gasteiger partial charge in [-0.1, -0.05) is 19.9 Å². The van der Waals surface area contributed by atoms with Crippen molar-refractivity contribution in [1.82, 2.24) is 0 Å². The summed E-state index contributed by atoms with van der Waals surface area (Å²) in [6, 6.07) is 5.86. The lowest BCUT2D eigenvalue weighted by atomic mass is 9.96. The van der Waals surface area contributed by atoms with Gasteiger partial charge in [-0.25, -0.2) is 0 Å². The Bertz CT molecular complexity index is 426.